The molecule has 1 saturated carbocycles. The van der Waals surface area contributed by atoms with Crippen molar-refractivity contribution < 1.29 is 9.53 Å². The minimum absolute atomic E-state index is 0.0762. The Labute approximate surface area is 129 Å². The van der Waals surface area contributed by atoms with E-state index in [4.69, 9.17) is 4.74 Å². The lowest BCUT2D eigenvalue weighted by atomic mass is 9.90. The van der Waals surface area contributed by atoms with E-state index in [1.165, 1.54) is 20.0 Å². The summed E-state index contributed by atoms with van der Waals surface area (Å²) in [5.41, 5.74) is -0.519. The molecule has 0 aromatic heterocycles. The van der Waals surface area contributed by atoms with Gasteiger partial charge in [0.1, 0.15) is 5.54 Å². The number of ether oxygens (including phenoxy) is 1. The lowest BCUT2D eigenvalue weighted by Gasteiger charge is -2.40. The van der Waals surface area contributed by atoms with Gasteiger partial charge in [-0.05, 0) is 58.8 Å². The van der Waals surface area contributed by atoms with Crippen molar-refractivity contribution in [2.24, 2.45) is 5.92 Å². The molecule has 2 aliphatic rings. The number of hydrogen-bond donors (Lipinski definition) is 1. The maximum atomic E-state index is 12.6. The topological polar surface area (TPSA) is 41.6 Å². The van der Waals surface area contributed by atoms with Gasteiger partial charge in [-0.2, -0.15) is 0 Å². The van der Waals surface area contributed by atoms with E-state index in [0.717, 1.165) is 25.8 Å². The second kappa shape index (κ2) is 6.66. The van der Waals surface area contributed by atoms with Gasteiger partial charge in [0, 0.05) is 24.7 Å². The number of hydrogen-bond acceptors (Lipinski definition) is 4. The van der Waals surface area contributed by atoms with Crippen LogP contribution in [-0.2, 0) is 9.53 Å². The highest BCUT2D eigenvalue weighted by atomic mass is 16.5. The van der Waals surface area contributed by atoms with E-state index in [-0.39, 0.29) is 12.0 Å². The second-order valence-corrected chi connectivity index (χ2v) is 7.20. The summed E-state index contributed by atoms with van der Waals surface area (Å²) in [5.74, 6) is 0.352. The summed E-state index contributed by atoms with van der Waals surface area (Å²) < 4.78 is 5.20. The first-order valence-electron chi connectivity index (χ1n) is 8.56. The predicted octanol–water partition coefficient (Wildman–Crippen LogP) is 2.57. The van der Waals surface area contributed by atoms with Crippen molar-refractivity contribution in [3.63, 3.8) is 0 Å². The maximum Gasteiger partial charge on any atom is 0.327 e. The molecule has 3 atom stereocenters. The molecule has 122 valence electrons. The lowest BCUT2D eigenvalue weighted by molar-refractivity contribution is -0.151. The Morgan fingerprint density at radius 1 is 1.33 bits per heavy atom. The SMILES string of the molecule is CCC1CCC(C)N1CC(NC(C)C)(C(=O)OC)C1CC1. The highest BCUT2D eigenvalue weighted by Crippen LogP contribution is 2.43. The van der Waals surface area contributed by atoms with Gasteiger partial charge in [0.05, 0.1) is 7.11 Å². The van der Waals surface area contributed by atoms with Crippen LogP contribution in [0.25, 0.3) is 0 Å². The van der Waals surface area contributed by atoms with Crippen LogP contribution in [0.3, 0.4) is 0 Å². The van der Waals surface area contributed by atoms with Gasteiger partial charge in [-0.15, -0.1) is 0 Å². The fourth-order valence-electron chi connectivity index (χ4n) is 3.99. The fraction of sp³-hybridized carbons (Fsp3) is 0.941. The molecule has 0 amide bonds. The molecule has 4 nitrogen and oxygen atoms in total. The molecule has 3 unspecified atom stereocenters. The van der Waals surface area contributed by atoms with Crippen molar-refractivity contribution in [3.05, 3.63) is 0 Å². The molecule has 0 aromatic rings. The molecule has 1 aliphatic heterocycles. The summed E-state index contributed by atoms with van der Waals surface area (Å²) in [4.78, 5) is 15.2. The number of nitrogens with one attached hydrogen (secondary N) is 1. The van der Waals surface area contributed by atoms with Crippen LogP contribution in [0, 0.1) is 5.92 Å². The first-order chi connectivity index (χ1) is 9.94. The Kier molecular flexibility index (Phi) is 5.31. The highest BCUT2D eigenvalue weighted by Gasteiger charge is 2.54. The van der Waals surface area contributed by atoms with E-state index in [1.807, 2.05) is 0 Å². The van der Waals surface area contributed by atoms with Crippen LogP contribution in [0.5, 0.6) is 0 Å². The van der Waals surface area contributed by atoms with Gasteiger partial charge in [0.15, 0.2) is 0 Å². The Balaban J connectivity index is 2.23. The molecule has 0 bridgehead atoms. The van der Waals surface area contributed by atoms with Crippen LogP contribution in [0.2, 0.25) is 0 Å². The lowest BCUT2D eigenvalue weighted by Crippen LogP contribution is -2.64. The third-order valence-corrected chi connectivity index (χ3v) is 5.23. The van der Waals surface area contributed by atoms with Gasteiger partial charge in [-0.3, -0.25) is 10.2 Å². The molecule has 0 radical (unpaired) electrons. The van der Waals surface area contributed by atoms with E-state index < -0.39 is 5.54 Å². The average Bonchev–Trinajstić information content (AvgIpc) is 3.23. The van der Waals surface area contributed by atoms with E-state index in [2.05, 4.69) is 37.9 Å². The summed E-state index contributed by atoms with van der Waals surface area (Å²) in [6.45, 7) is 9.57. The zero-order valence-corrected chi connectivity index (χ0v) is 14.3. The van der Waals surface area contributed by atoms with Crippen LogP contribution in [0.1, 0.15) is 59.8 Å². The molecule has 2 rings (SSSR count). The van der Waals surface area contributed by atoms with Gasteiger partial charge < -0.3 is 4.74 Å². The summed E-state index contributed by atoms with van der Waals surface area (Å²) in [5, 5.41) is 3.58. The first kappa shape index (κ1) is 16.8. The summed E-state index contributed by atoms with van der Waals surface area (Å²) in [6, 6.07) is 1.45. The number of rotatable bonds is 7. The van der Waals surface area contributed by atoms with Gasteiger partial charge in [0.2, 0.25) is 0 Å². The molecule has 21 heavy (non-hydrogen) atoms. The first-order valence-corrected chi connectivity index (χ1v) is 8.56. The van der Waals surface area contributed by atoms with Gasteiger partial charge in [-0.1, -0.05) is 6.92 Å². The molecule has 4 heteroatoms. The van der Waals surface area contributed by atoms with Crippen molar-refractivity contribution >= 4 is 5.97 Å². The van der Waals surface area contributed by atoms with Crippen LogP contribution in [0.4, 0.5) is 0 Å². The Hall–Kier alpha value is -0.610. The number of carbonyl (C=O) groups is 1. The van der Waals surface area contributed by atoms with Crippen molar-refractivity contribution in [2.45, 2.75) is 83.5 Å². The third kappa shape index (κ3) is 3.42. The van der Waals surface area contributed by atoms with Gasteiger partial charge in [0.25, 0.3) is 0 Å². The van der Waals surface area contributed by atoms with E-state index in [1.54, 1.807) is 0 Å². The van der Waals surface area contributed by atoms with Crippen molar-refractivity contribution in [1.82, 2.24) is 10.2 Å². The van der Waals surface area contributed by atoms with E-state index >= 15 is 0 Å². The zero-order valence-electron chi connectivity index (χ0n) is 14.3. The standard InChI is InChI=1S/C17H32N2O2/c1-6-15-10-7-13(4)19(15)11-17(14-8-9-14,16(20)21-5)18-12(2)3/h12-15,18H,6-11H2,1-5H3. The quantitative estimate of drug-likeness (QED) is 0.733. The normalized spacial score (nSPS) is 29.6. The van der Waals surface area contributed by atoms with Crippen molar-refractivity contribution in [1.29, 1.82) is 0 Å². The number of carbonyl (C=O) groups excluding carboxylic acids is 1. The van der Waals surface area contributed by atoms with Crippen molar-refractivity contribution in [2.75, 3.05) is 13.7 Å². The summed E-state index contributed by atoms with van der Waals surface area (Å²) >= 11 is 0. The third-order valence-electron chi connectivity index (χ3n) is 5.23. The second-order valence-electron chi connectivity index (χ2n) is 7.20. The van der Waals surface area contributed by atoms with E-state index in [9.17, 15) is 4.79 Å². The van der Waals surface area contributed by atoms with Gasteiger partial charge >= 0.3 is 5.97 Å². The van der Waals surface area contributed by atoms with Crippen LogP contribution < -0.4 is 5.32 Å². The molecular weight excluding hydrogens is 264 g/mol. The number of esters is 1. The maximum absolute atomic E-state index is 12.6. The van der Waals surface area contributed by atoms with Crippen LogP contribution in [0.15, 0.2) is 0 Å². The Bertz CT molecular complexity index is 368. The van der Waals surface area contributed by atoms with Crippen molar-refractivity contribution in [3.8, 4) is 0 Å². The molecular formula is C17H32N2O2. The highest BCUT2D eigenvalue weighted by molar-refractivity contribution is 5.82. The largest absolute Gasteiger partial charge is 0.468 e. The van der Waals surface area contributed by atoms with Crippen LogP contribution >= 0.6 is 0 Å². The summed E-state index contributed by atoms with van der Waals surface area (Å²) in [7, 11) is 1.52. The predicted molar refractivity (Wildman–Crippen MR) is 85.2 cm³/mol. The molecule has 1 aliphatic carbocycles. The summed E-state index contributed by atoms with van der Waals surface area (Å²) in [6.07, 6.45) is 5.92. The van der Waals surface area contributed by atoms with E-state index in [0.29, 0.717) is 18.0 Å². The van der Waals surface area contributed by atoms with Gasteiger partial charge in [-0.25, -0.2) is 4.79 Å². The molecule has 1 saturated heterocycles. The minimum Gasteiger partial charge on any atom is -0.468 e. The molecule has 0 spiro atoms. The number of nitrogens with zero attached hydrogens (tertiary/aromatic N) is 1. The minimum atomic E-state index is -0.519. The fourth-order valence-corrected chi connectivity index (χ4v) is 3.99. The van der Waals surface area contributed by atoms with Crippen LogP contribution in [-0.4, -0.2) is 48.2 Å². The average molecular weight is 296 g/mol. The smallest absolute Gasteiger partial charge is 0.327 e. The molecule has 0 aromatic carbocycles. The molecule has 2 fully saturated rings. The Morgan fingerprint density at radius 3 is 2.48 bits per heavy atom. The monoisotopic (exact) mass is 296 g/mol. The molecule has 1 N–H and O–H groups in total. The number of methoxy groups -OCH3 is 1. The zero-order chi connectivity index (χ0) is 15.6. The Morgan fingerprint density at radius 2 is 2.00 bits per heavy atom. The molecule has 1 heterocycles. The number of likely N-dealkylation sites (tertiary alicyclic amines) is 1.